The van der Waals surface area contributed by atoms with Gasteiger partial charge in [-0.2, -0.15) is 0 Å². The van der Waals surface area contributed by atoms with Gasteiger partial charge < -0.3 is 9.64 Å². The van der Waals surface area contributed by atoms with E-state index in [1.54, 1.807) is 0 Å². The van der Waals surface area contributed by atoms with E-state index in [4.69, 9.17) is 4.74 Å². The Morgan fingerprint density at radius 2 is 1.91 bits per heavy atom. The molecule has 0 aromatic carbocycles. The van der Waals surface area contributed by atoms with Crippen LogP contribution in [-0.2, 0) is 9.53 Å². The Kier molecular flexibility index (Phi) is 3.52. The van der Waals surface area contributed by atoms with E-state index >= 15 is 0 Å². The largest absolute Gasteiger partial charge is 0.464 e. The lowest BCUT2D eigenvalue weighted by Crippen LogP contribution is -2.42. The lowest BCUT2D eigenvalue weighted by molar-refractivity contribution is -0.144. The summed E-state index contributed by atoms with van der Waals surface area (Å²) < 4.78 is 4.89. The van der Waals surface area contributed by atoms with Gasteiger partial charge in [0, 0.05) is 12.5 Å². The third kappa shape index (κ3) is 3.98. The summed E-state index contributed by atoms with van der Waals surface area (Å²) in [5.74, 6) is -0.222. The van der Waals surface area contributed by atoms with Gasteiger partial charge in [-0.25, -0.2) is 0 Å². The van der Waals surface area contributed by atoms with Crippen molar-refractivity contribution in [3.63, 3.8) is 0 Å². The lowest BCUT2D eigenvalue weighted by Gasteiger charge is -2.31. The molecule has 0 aliphatic carbocycles. The van der Waals surface area contributed by atoms with Crippen LogP contribution in [0.2, 0.25) is 0 Å². The molecule has 0 N–H and O–H groups in total. The fourth-order valence-corrected chi connectivity index (χ4v) is 0.407. The first-order chi connectivity index (χ1) is 4.86. The maximum Gasteiger partial charge on any atom is 0.302 e. The van der Waals surface area contributed by atoms with Crippen LogP contribution in [0.15, 0.2) is 0 Å². The van der Waals surface area contributed by atoms with Gasteiger partial charge in [-0.1, -0.05) is 0 Å². The van der Waals surface area contributed by atoms with Gasteiger partial charge in [0.05, 0.1) is 0 Å². The van der Waals surface area contributed by atoms with Gasteiger partial charge in [-0.15, -0.1) is 0 Å². The Labute approximate surface area is 68.3 Å². The minimum absolute atomic E-state index is 0.0777. The molecule has 3 nitrogen and oxygen atoms in total. The zero-order valence-electron chi connectivity index (χ0n) is 7.97. The summed E-state index contributed by atoms with van der Waals surface area (Å²) in [6.07, 6.45) is 0. The van der Waals surface area contributed by atoms with Crippen LogP contribution in [0.5, 0.6) is 0 Å². The van der Waals surface area contributed by atoms with Gasteiger partial charge in [0.25, 0.3) is 0 Å². The van der Waals surface area contributed by atoms with Crippen LogP contribution >= 0.6 is 0 Å². The SMILES string of the molecule is CC(=O)OCC(C)(C)N(C)C. The predicted molar refractivity (Wildman–Crippen MR) is 44.4 cm³/mol. The van der Waals surface area contributed by atoms with Gasteiger partial charge in [0.1, 0.15) is 6.61 Å². The molecule has 0 aromatic rings. The summed E-state index contributed by atoms with van der Waals surface area (Å²) in [6, 6.07) is 0. The third-order valence-corrected chi connectivity index (χ3v) is 1.84. The molecule has 0 rings (SSSR count). The Morgan fingerprint density at radius 3 is 2.18 bits per heavy atom. The second-order valence-corrected chi connectivity index (χ2v) is 3.49. The average Bonchev–Trinajstić information content (AvgIpc) is 1.84. The zero-order valence-corrected chi connectivity index (χ0v) is 7.97. The van der Waals surface area contributed by atoms with Gasteiger partial charge in [-0.3, -0.25) is 4.79 Å². The highest BCUT2D eigenvalue weighted by Crippen LogP contribution is 2.09. The van der Waals surface area contributed by atoms with Crippen molar-refractivity contribution in [3.8, 4) is 0 Å². The number of hydrogen-bond acceptors (Lipinski definition) is 3. The van der Waals surface area contributed by atoms with Crippen molar-refractivity contribution < 1.29 is 9.53 Å². The molecule has 0 aliphatic heterocycles. The van der Waals surface area contributed by atoms with Crippen LogP contribution in [0.4, 0.5) is 0 Å². The van der Waals surface area contributed by atoms with E-state index in [2.05, 4.69) is 0 Å². The molecule has 11 heavy (non-hydrogen) atoms. The number of esters is 1. The van der Waals surface area contributed by atoms with Crippen molar-refractivity contribution in [2.45, 2.75) is 26.3 Å². The van der Waals surface area contributed by atoms with E-state index in [9.17, 15) is 4.79 Å². The molecule has 0 unspecified atom stereocenters. The Balaban J connectivity index is 3.82. The lowest BCUT2D eigenvalue weighted by atomic mass is 10.1. The normalized spacial score (nSPS) is 11.8. The van der Waals surface area contributed by atoms with Gasteiger partial charge in [0.2, 0.25) is 0 Å². The summed E-state index contributed by atoms with van der Waals surface area (Å²) >= 11 is 0. The highest BCUT2D eigenvalue weighted by atomic mass is 16.5. The Hall–Kier alpha value is -0.570. The van der Waals surface area contributed by atoms with Crippen molar-refractivity contribution in [1.82, 2.24) is 4.90 Å². The first-order valence-electron chi connectivity index (χ1n) is 3.67. The predicted octanol–water partition coefficient (Wildman–Crippen LogP) is 0.890. The zero-order chi connectivity index (χ0) is 9.07. The van der Waals surface area contributed by atoms with Crippen molar-refractivity contribution in [2.75, 3.05) is 20.7 Å². The molecule has 0 fully saturated rings. The second-order valence-electron chi connectivity index (χ2n) is 3.49. The summed E-state index contributed by atoms with van der Waals surface area (Å²) in [5.41, 5.74) is -0.0777. The van der Waals surface area contributed by atoms with Crippen LogP contribution in [0.25, 0.3) is 0 Å². The monoisotopic (exact) mass is 159 g/mol. The minimum Gasteiger partial charge on any atom is -0.464 e. The van der Waals surface area contributed by atoms with E-state index in [0.29, 0.717) is 6.61 Å². The molecule has 0 spiro atoms. The number of nitrogens with zero attached hydrogens (tertiary/aromatic N) is 1. The molecular weight excluding hydrogens is 142 g/mol. The number of carbonyl (C=O) groups is 1. The second kappa shape index (κ2) is 3.72. The maximum atomic E-state index is 10.5. The van der Waals surface area contributed by atoms with Gasteiger partial charge in [0.15, 0.2) is 0 Å². The van der Waals surface area contributed by atoms with Crippen molar-refractivity contribution in [1.29, 1.82) is 0 Å². The minimum atomic E-state index is -0.222. The standard InChI is InChI=1S/C8H17NO2/c1-7(10)11-6-8(2,3)9(4)5/h6H2,1-5H3. The first-order valence-corrected chi connectivity index (χ1v) is 3.67. The summed E-state index contributed by atoms with van der Waals surface area (Å²) in [4.78, 5) is 12.5. The molecule has 0 aliphatic rings. The fraction of sp³-hybridized carbons (Fsp3) is 0.875. The molecule has 0 saturated carbocycles. The molecule has 0 radical (unpaired) electrons. The molecular formula is C8H17NO2. The van der Waals surface area contributed by atoms with Crippen molar-refractivity contribution in [2.24, 2.45) is 0 Å². The third-order valence-electron chi connectivity index (χ3n) is 1.84. The molecule has 0 atom stereocenters. The number of carbonyl (C=O) groups excluding carboxylic acids is 1. The molecule has 0 heterocycles. The highest BCUT2D eigenvalue weighted by molar-refractivity contribution is 5.65. The summed E-state index contributed by atoms with van der Waals surface area (Å²) in [7, 11) is 3.92. The topological polar surface area (TPSA) is 29.5 Å². The number of ether oxygens (including phenoxy) is 1. The number of likely N-dealkylation sites (N-methyl/N-ethyl adjacent to an activating group) is 1. The van der Waals surface area contributed by atoms with Gasteiger partial charge >= 0.3 is 5.97 Å². The Morgan fingerprint density at radius 1 is 1.45 bits per heavy atom. The fourth-order valence-electron chi connectivity index (χ4n) is 0.407. The highest BCUT2D eigenvalue weighted by Gasteiger charge is 2.21. The summed E-state index contributed by atoms with van der Waals surface area (Å²) in [5, 5.41) is 0. The molecule has 3 heteroatoms. The molecule has 0 saturated heterocycles. The van der Waals surface area contributed by atoms with E-state index in [0.717, 1.165) is 0 Å². The molecule has 0 bridgehead atoms. The number of rotatable bonds is 3. The van der Waals surface area contributed by atoms with Crippen LogP contribution in [0, 0.1) is 0 Å². The van der Waals surface area contributed by atoms with E-state index in [1.807, 2.05) is 32.8 Å². The van der Waals surface area contributed by atoms with Crippen molar-refractivity contribution >= 4 is 5.97 Å². The van der Waals surface area contributed by atoms with Crippen LogP contribution in [0.3, 0.4) is 0 Å². The van der Waals surface area contributed by atoms with Crippen LogP contribution < -0.4 is 0 Å². The van der Waals surface area contributed by atoms with Crippen LogP contribution in [-0.4, -0.2) is 37.1 Å². The average molecular weight is 159 g/mol. The Bertz CT molecular complexity index is 141. The maximum absolute atomic E-state index is 10.5. The van der Waals surface area contributed by atoms with E-state index in [1.165, 1.54) is 6.92 Å². The number of hydrogen-bond donors (Lipinski definition) is 0. The van der Waals surface area contributed by atoms with E-state index in [-0.39, 0.29) is 11.5 Å². The molecule has 0 aromatic heterocycles. The summed E-state index contributed by atoms with van der Waals surface area (Å²) in [6.45, 7) is 5.91. The molecule has 0 amide bonds. The quantitative estimate of drug-likeness (QED) is 0.573. The first kappa shape index (κ1) is 10.4. The van der Waals surface area contributed by atoms with Crippen molar-refractivity contribution in [3.05, 3.63) is 0 Å². The molecule has 66 valence electrons. The van der Waals surface area contributed by atoms with Crippen LogP contribution in [0.1, 0.15) is 20.8 Å². The smallest absolute Gasteiger partial charge is 0.302 e. The van der Waals surface area contributed by atoms with E-state index < -0.39 is 0 Å². The van der Waals surface area contributed by atoms with Gasteiger partial charge in [-0.05, 0) is 27.9 Å².